The van der Waals surface area contributed by atoms with Crippen LogP contribution in [0, 0.1) is 5.92 Å². The van der Waals surface area contributed by atoms with Crippen LogP contribution in [0.3, 0.4) is 0 Å². The van der Waals surface area contributed by atoms with Gasteiger partial charge in [-0.2, -0.15) is 0 Å². The topological polar surface area (TPSA) is 55.1 Å². The van der Waals surface area contributed by atoms with Crippen LogP contribution in [0.5, 0.6) is 0 Å². The van der Waals surface area contributed by atoms with Gasteiger partial charge in [-0.1, -0.05) is 79.3 Å². The van der Waals surface area contributed by atoms with E-state index in [4.69, 9.17) is 9.40 Å². The first-order valence-electron chi connectivity index (χ1n) is 10.2. The Labute approximate surface area is 176 Å². The molecule has 0 spiro atoms. The Bertz CT molecular complexity index is 875. The Kier molecular flexibility index (Phi) is 6.35. The van der Waals surface area contributed by atoms with E-state index < -0.39 is 0 Å². The number of hydrogen-bond donors (Lipinski definition) is 1. The zero-order valence-electron chi connectivity index (χ0n) is 16.6. The van der Waals surface area contributed by atoms with E-state index in [1.807, 2.05) is 60.7 Å². The van der Waals surface area contributed by atoms with Crippen molar-refractivity contribution < 1.29 is 9.21 Å². The van der Waals surface area contributed by atoms with E-state index in [2.05, 4.69) is 12.2 Å². The first-order chi connectivity index (χ1) is 14.2. The summed E-state index contributed by atoms with van der Waals surface area (Å²) in [5.74, 6) is 1.88. The second-order valence-electron chi connectivity index (χ2n) is 7.70. The third kappa shape index (κ3) is 5.10. The molecule has 1 aliphatic carbocycles. The maximum absolute atomic E-state index is 12.4. The van der Waals surface area contributed by atoms with Gasteiger partial charge in [0.05, 0.1) is 5.75 Å². The number of nitrogens with zero attached hydrogens (tertiary/aromatic N) is 1. The molecular formula is C24H26N2O2S. The minimum Gasteiger partial charge on any atom is -0.431 e. The number of benzene rings is 2. The van der Waals surface area contributed by atoms with Crippen molar-refractivity contribution in [3.63, 3.8) is 0 Å². The second-order valence-corrected chi connectivity index (χ2v) is 8.63. The molecule has 0 radical (unpaired) electrons. The number of carbonyl (C=O) groups excluding carboxylic acids is 1. The zero-order chi connectivity index (χ0) is 20.1. The average molecular weight is 407 g/mol. The lowest BCUT2D eigenvalue weighted by Crippen LogP contribution is -2.38. The highest BCUT2D eigenvalue weighted by atomic mass is 32.2. The molecule has 150 valence electrons. The highest BCUT2D eigenvalue weighted by Gasteiger charge is 2.21. The van der Waals surface area contributed by atoms with Gasteiger partial charge < -0.3 is 9.73 Å². The van der Waals surface area contributed by atoms with Crippen molar-refractivity contribution in [1.29, 1.82) is 0 Å². The molecule has 1 amide bonds. The van der Waals surface area contributed by atoms with Gasteiger partial charge in [0.15, 0.2) is 5.76 Å². The van der Waals surface area contributed by atoms with E-state index in [0.29, 0.717) is 17.0 Å². The molecule has 4 rings (SSSR count). The Morgan fingerprint density at radius 1 is 1.00 bits per heavy atom. The van der Waals surface area contributed by atoms with Gasteiger partial charge in [0.25, 0.3) is 5.22 Å². The normalized spacial score (nSPS) is 19.1. The summed E-state index contributed by atoms with van der Waals surface area (Å²) < 4.78 is 6.08. The van der Waals surface area contributed by atoms with E-state index in [0.717, 1.165) is 41.3 Å². The van der Waals surface area contributed by atoms with Crippen LogP contribution < -0.4 is 5.32 Å². The lowest BCUT2D eigenvalue weighted by molar-refractivity contribution is -0.119. The lowest BCUT2D eigenvalue weighted by atomic mass is 9.87. The molecule has 29 heavy (non-hydrogen) atoms. The van der Waals surface area contributed by atoms with Crippen LogP contribution in [0.1, 0.15) is 32.6 Å². The molecule has 0 aliphatic heterocycles. The van der Waals surface area contributed by atoms with Gasteiger partial charge in [-0.25, -0.2) is 4.98 Å². The molecule has 0 unspecified atom stereocenters. The monoisotopic (exact) mass is 406 g/mol. The largest absolute Gasteiger partial charge is 0.431 e. The predicted molar refractivity (Wildman–Crippen MR) is 118 cm³/mol. The number of thioether (sulfide) groups is 1. The number of aromatic nitrogens is 1. The Hall–Kier alpha value is -2.53. The standard InChI is InChI=1S/C24H26N2O2S/c1-17-12-14-20(15-13-17)25-21(27)16-29-24-26-22(18-8-4-2-5-9-18)23(28-24)19-10-6-3-7-11-19/h2-11,17,20H,12-16H2,1H3,(H,25,27). The van der Waals surface area contributed by atoms with Crippen LogP contribution in [-0.2, 0) is 4.79 Å². The molecule has 3 aromatic rings. The van der Waals surface area contributed by atoms with Gasteiger partial charge in [0.2, 0.25) is 5.91 Å². The molecule has 1 fully saturated rings. The average Bonchev–Trinajstić information content (AvgIpc) is 3.20. The Balaban J connectivity index is 1.47. The summed E-state index contributed by atoms with van der Waals surface area (Å²) in [7, 11) is 0. The minimum atomic E-state index is 0.0512. The van der Waals surface area contributed by atoms with Crippen molar-refractivity contribution in [1.82, 2.24) is 10.3 Å². The second kappa shape index (κ2) is 9.31. The van der Waals surface area contributed by atoms with Crippen molar-refractivity contribution in [2.75, 3.05) is 5.75 Å². The van der Waals surface area contributed by atoms with E-state index in [1.54, 1.807) is 0 Å². The van der Waals surface area contributed by atoms with E-state index >= 15 is 0 Å². The van der Waals surface area contributed by atoms with Gasteiger partial charge in [-0.05, 0) is 31.6 Å². The molecule has 0 saturated heterocycles. The summed E-state index contributed by atoms with van der Waals surface area (Å²) in [6, 6.07) is 20.3. The fraction of sp³-hybridized carbons (Fsp3) is 0.333. The van der Waals surface area contributed by atoms with Crippen molar-refractivity contribution in [3.05, 3.63) is 60.7 Å². The smallest absolute Gasteiger partial charge is 0.257 e. The molecule has 1 N–H and O–H groups in total. The molecule has 0 atom stereocenters. The number of carbonyl (C=O) groups is 1. The van der Waals surface area contributed by atoms with Crippen LogP contribution in [-0.4, -0.2) is 22.7 Å². The van der Waals surface area contributed by atoms with E-state index in [9.17, 15) is 4.79 Å². The highest BCUT2D eigenvalue weighted by molar-refractivity contribution is 7.99. The van der Waals surface area contributed by atoms with Gasteiger partial charge >= 0.3 is 0 Å². The molecule has 5 heteroatoms. The lowest BCUT2D eigenvalue weighted by Gasteiger charge is -2.26. The molecule has 0 bridgehead atoms. The molecule has 1 saturated carbocycles. The van der Waals surface area contributed by atoms with Crippen molar-refractivity contribution in [3.8, 4) is 22.6 Å². The predicted octanol–water partition coefficient (Wildman–Crippen LogP) is 5.80. The van der Waals surface area contributed by atoms with Crippen molar-refractivity contribution >= 4 is 17.7 Å². The summed E-state index contributed by atoms with van der Waals surface area (Å²) in [6.45, 7) is 2.28. The maximum atomic E-state index is 12.4. The highest BCUT2D eigenvalue weighted by Crippen LogP contribution is 2.35. The summed E-state index contributed by atoms with van der Waals surface area (Å²) in [6.07, 6.45) is 4.54. The minimum absolute atomic E-state index is 0.0512. The number of amides is 1. The van der Waals surface area contributed by atoms with Crippen molar-refractivity contribution in [2.45, 2.75) is 43.9 Å². The fourth-order valence-electron chi connectivity index (χ4n) is 3.74. The Morgan fingerprint density at radius 3 is 2.28 bits per heavy atom. The summed E-state index contributed by atoms with van der Waals surface area (Å²) in [5.41, 5.74) is 2.79. The van der Waals surface area contributed by atoms with Crippen LogP contribution in [0.4, 0.5) is 0 Å². The molecule has 4 nitrogen and oxygen atoms in total. The summed E-state index contributed by atoms with van der Waals surface area (Å²) in [4.78, 5) is 17.1. The van der Waals surface area contributed by atoms with Gasteiger partial charge in [-0.15, -0.1) is 0 Å². The first kappa shape index (κ1) is 19.8. The quantitative estimate of drug-likeness (QED) is 0.526. The van der Waals surface area contributed by atoms with Crippen LogP contribution in [0.15, 0.2) is 70.3 Å². The SMILES string of the molecule is CC1CCC(NC(=O)CSc2nc(-c3ccccc3)c(-c3ccccc3)o2)CC1. The molecule has 1 aromatic heterocycles. The fourth-order valence-corrected chi connectivity index (χ4v) is 4.38. The van der Waals surface area contributed by atoms with Crippen LogP contribution in [0.25, 0.3) is 22.6 Å². The number of rotatable bonds is 6. The van der Waals surface area contributed by atoms with E-state index in [-0.39, 0.29) is 5.91 Å². The number of nitrogens with one attached hydrogen (secondary N) is 1. The van der Waals surface area contributed by atoms with Gasteiger partial charge in [0.1, 0.15) is 5.69 Å². The maximum Gasteiger partial charge on any atom is 0.257 e. The first-order valence-corrected chi connectivity index (χ1v) is 11.2. The zero-order valence-corrected chi connectivity index (χ0v) is 17.5. The third-order valence-corrected chi connectivity index (χ3v) is 6.23. The van der Waals surface area contributed by atoms with Crippen molar-refractivity contribution in [2.24, 2.45) is 5.92 Å². The van der Waals surface area contributed by atoms with Gasteiger partial charge in [0, 0.05) is 17.2 Å². The summed E-state index contributed by atoms with van der Waals surface area (Å²) >= 11 is 1.35. The van der Waals surface area contributed by atoms with Gasteiger partial charge in [-0.3, -0.25) is 4.79 Å². The van der Waals surface area contributed by atoms with Crippen LogP contribution in [0.2, 0.25) is 0 Å². The van der Waals surface area contributed by atoms with E-state index in [1.165, 1.54) is 24.6 Å². The third-order valence-electron chi connectivity index (χ3n) is 5.40. The number of hydrogen-bond acceptors (Lipinski definition) is 4. The molecule has 1 aliphatic rings. The summed E-state index contributed by atoms with van der Waals surface area (Å²) in [5, 5.41) is 3.69. The Morgan fingerprint density at radius 2 is 1.62 bits per heavy atom. The van der Waals surface area contributed by atoms with Crippen LogP contribution >= 0.6 is 11.8 Å². The molecular weight excluding hydrogens is 380 g/mol. The number of oxazole rings is 1. The molecule has 2 aromatic carbocycles. The molecule has 1 heterocycles.